The van der Waals surface area contributed by atoms with Crippen LogP contribution in [0.1, 0.15) is 61.7 Å². The number of aromatic nitrogens is 3. The van der Waals surface area contributed by atoms with Gasteiger partial charge in [-0.05, 0) is 51.5 Å². The first kappa shape index (κ1) is 20.3. The highest BCUT2D eigenvalue weighted by atomic mass is 16.5. The maximum absolute atomic E-state index is 12.1. The summed E-state index contributed by atoms with van der Waals surface area (Å²) in [7, 11) is 0. The van der Waals surface area contributed by atoms with E-state index in [2.05, 4.69) is 22.3 Å². The lowest BCUT2D eigenvalue weighted by Crippen LogP contribution is -2.42. The summed E-state index contributed by atoms with van der Waals surface area (Å²) in [6.45, 7) is 7.80. The lowest BCUT2D eigenvalue weighted by molar-refractivity contribution is -0.148. The molecule has 0 radical (unpaired) electrons. The van der Waals surface area contributed by atoms with Crippen molar-refractivity contribution in [3.05, 3.63) is 28.7 Å². The molecule has 2 heterocycles. The number of amides is 1. The van der Waals surface area contributed by atoms with E-state index in [0.29, 0.717) is 12.3 Å². The Balaban J connectivity index is 1.50. The topological polar surface area (TPSA) is 85.6 Å². The van der Waals surface area contributed by atoms with E-state index < -0.39 is 0 Å². The molecule has 1 saturated carbocycles. The van der Waals surface area contributed by atoms with Crippen molar-refractivity contribution in [1.29, 1.82) is 0 Å². The van der Waals surface area contributed by atoms with Crippen LogP contribution in [0.4, 0.5) is 0 Å². The molecule has 1 aliphatic carbocycles. The fourth-order valence-corrected chi connectivity index (χ4v) is 4.03. The van der Waals surface area contributed by atoms with Gasteiger partial charge in [-0.15, -0.1) is 0 Å². The first-order valence-electron chi connectivity index (χ1n) is 10.1. The number of nitrogens with one attached hydrogen (secondary N) is 1. The number of ether oxygens (including phenoxy) is 1. The van der Waals surface area contributed by atoms with Crippen LogP contribution in [0.25, 0.3) is 5.65 Å². The first-order chi connectivity index (χ1) is 13.3. The molecule has 0 bridgehead atoms. The summed E-state index contributed by atoms with van der Waals surface area (Å²) in [6, 6.07) is 2.13. The SMILES string of the molecule is Cc1cc2nc(C)c(CCC(=O)OCC(=O)N[C@H]3CCCC[C@H]3C)c(C)n2n1. The Morgan fingerprint density at radius 1 is 1.25 bits per heavy atom. The Hall–Kier alpha value is -2.44. The van der Waals surface area contributed by atoms with E-state index in [1.54, 1.807) is 0 Å². The molecule has 1 N–H and O–H groups in total. The minimum Gasteiger partial charge on any atom is -0.456 e. The normalized spacial score (nSPS) is 19.6. The highest BCUT2D eigenvalue weighted by molar-refractivity contribution is 5.80. The number of carbonyl (C=O) groups is 2. The molecular weight excluding hydrogens is 356 g/mol. The van der Waals surface area contributed by atoms with Crippen LogP contribution in [0.15, 0.2) is 6.07 Å². The van der Waals surface area contributed by atoms with E-state index >= 15 is 0 Å². The molecule has 3 rings (SSSR count). The Bertz CT molecular complexity index is 874. The zero-order valence-electron chi connectivity index (χ0n) is 17.2. The third-order valence-corrected chi connectivity index (χ3v) is 5.69. The van der Waals surface area contributed by atoms with Gasteiger partial charge in [0.2, 0.25) is 0 Å². The molecule has 1 fully saturated rings. The zero-order valence-corrected chi connectivity index (χ0v) is 17.2. The zero-order chi connectivity index (χ0) is 20.3. The molecule has 0 aromatic carbocycles. The maximum atomic E-state index is 12.1. The number of esters is 1. The van der Waals surface area contributed by atoms with Gasteiger partial charge >= 0.3 is 5.97 Å². The average molecular weight is 386 g/mol. The van der Waals surface area contributed by atoms with Crippen molar-refractivity contribution in [3.8, 4) is 0 Å². The van der Waals surface area contributed by atoms with Crippen LogP contribution in [0.5, 0.6) is 0 Å². The second-order valence-electron chi connectivity index (χ2n) is 7.91. The van der Waals surface area contributed by atoms with Crippen LogP contribution >= 0.6 is 0 Å². The molecule has 0 saturated heterocycles. The standard InChI is InChI=1S/C21H30N4O3/c1-13-7-5-6-8-18(13)23-20(26)12-28-21(27)10-9-17-15(3)22-19-11-14(2)24-25(19)16(17)4/h11,13,18H,5-10,12H2,1-4H3,(H,23,26)/t13-,18+/m1/s1. The van der Waals surface area contributed by atoms with Crippen molar-refractivity contribution in [2.75, 3.05) is 6.61 Å². The van der Waals surface area contributed by atoms with Crippen LogP contribution in [0, 0.1) is 26.7 Å². The highest BCUT2D eigenvalue weighted by Gasteiger charge is 2.23. The van der Waals surface area contributed by atoms with Crippen LogP contribution in [-0.4, -0.2) is 39.1 Å². The number of carbonyl (C=O) groups excluding carboxylic acids is 2. The maximum Gasteiger partial charge on any atom is 0.306 e. The summed E-state index contributed by atoms with van der Waals surface area (Å²) in [4.78, 5) is 28.8. The van der Waals surface area contributed by atoms with E-state index in [9.17, 15) is 9.59 Å². The average Bonchev–Trinajstić information content (AvgIpc) is 3.02. The molecule has 2 aromatic heterocycles. The monoisotopic (exact) mass is 386 g/mol. The fraction of sp³-hybridized carbons (Fsp3) is 0.619. The lowest BCUT2D eigenvalue weighted by Gasteiger charge is -2.29. The lowest BCUT2D eigenvalue weighted by atomic mass is 9.86. The molecule has 152 valence electrons. The molecule has 0 unspecified atom stereocenters. The van der Waals surface area contributed by atoms with E-state index in [1.165, 1.54) is 6.42 Å². The van der Waals surface area contributed by atoms with E-state index in [1.807, 2.05) is 31.4 Å². The molecule has 28 heavy (non-hydrogen) atoms. The minimum atomic E-state index is -0.373. The smallest absolute Gasteiger partial charge is 0.306 e. The van der Waals surface area contributed by atoms with Crippen LogP contribution in [-0.2, 0) is 20.7 Å². The van der Waals surface area contributed by atoms with Gasteiger partial charge in [-0.2, -0.15) is 5.10 Å². The van der Waals surface area contributed by atoms with Gasteiger partial charge in [-0.1, -0.05) is 19.8 Å². The fourth-order valence-electron chi connectivity index (χ4n) is 4.03. The van der Waals surface area contributed by atoms with Gasteiger partial charge in [0.15, 0.2) is 12.3 Å². The van der Waals surface area contributed by atoms with Crippen molar-refractivity contribution in [2.24, 2.45) is 5.92 Å². The third-order valence-electron chi connectivity index (χ3n) is 5.69. The summed E-state index contributed by atoms with van der Waals surface area (Å²) < 4.78 is 6.99. The van der Waals surface area contributed by atoms with Crippen molar-refractivity contribution in [2.45, 2.75) is 72.3 Å². The third kappa shape index (κ3) is 4.69. The van der Waals surface area contributed by atoms with Crippen molar-refractivity contribution in [1.82, 2.24) is 19.9 Å². The predicted octanol–water partition coefficient (Wildman–Crippen LogP) is 2.83. The van der Waals surface area contributed by atoms with Gasteiger partial charge in [-0.3, -0.25) is 9.59 Å². The van der Waals surface area contributed by atoms with Crippen molar-refractivity contribution in [3.63, 3.8) is 0 Å². The second-order valence-corrected chi connectivity index (χ2v) is 7.91. The molecular formula is C21H30N4O3. The summed E-state index contributed by atoms with van der Waals surface area (Å²) in [6.07, 6.45) is 5.23. The molecule has 2 atom stereocenters. The number of hydrogen-bond donors (Lipinski definition) is 1. The number of aryl methyl sites for hydroxylation is 3. The van der Waals surface area contributed by atoms with E-state index in [4.69, 9.17) is 4.74 Å². The quantitative estimate of drug-likeness (QED) is 0.772. The van der Waals surface area contributed by atoms with Gasteiger partial charge in [-0.25, -0.2) is 9.50 Å². The van der Waals surface area contributed by atoms with Gasteiger partial charge in [0, 0.05) is 29.9 Å². The van der Waals surface area contributed by atoms with Crippen LogP contribution < -0.4 is 5.32 Å². The Labute approximate surface area is 165 Å². The number of hydrogen-bond acceptors (Lipinski definition) is 5. The summed E-state index contributed by atoms with van der Waals surface area (Å²) >= 11 is 0. The Morgan fingerprint density at radius 3 is 2.75 bits per heavy atom. The molecule has 7 nitrogen and oxygen atoms in total. The molecule has 0 spiro atoms. The Kier molecular flexibility index (Phi) is 6.31. The van der Waals surface area contributed by atoms with Crippen LogP contribution in [0.2, 0.25) is 0 Å². The van der Waals surface area contributed by atoms with E-state index in [-0.39, 0.29) is 30.9 Å². The molecule has 1 aliphatic rings. The predicted molar refractivity (Wildman–Crippen MR) is 106 cm³/mol. The highest BCUT2D eigenvalue weighted by Crippen LogP contribution is 2.23. The van der Waals surface area contributed by atoms with Gasteiger partial charge in [0.05, 0.1) is 5.69 Å². The number of fused-ring (bicyclic) bond motifs is 1. The number of nitrogens with zero attached hydrogens (tertiary/aromatic N) is 3. The van der Waals surface area contributed by atoms with E-state index in [0.717, 1.165) is 47.6 Å². The second kappa shape index (κ2) is 8.71. The molecule has 1 amide bonds. The largest absolute Gasteiger partial charge is 0.456 e. The van der Waals surface area contributed by atoms with Gasteiger partial charge in [0.1, 0.15) is 0 Å². The summed E-state index contributed by atoms with van der Waals surface area (Å²) in [5.74, 6) is -0.107. The summed E-state index contributed by atoms with van der Waals surface area (Å²) in [5.41, 5.74) is 4.58. The number of rotatable bonds is 6. The first-order valence-corrected chi connectivity index (χ1v) is 10.1. The Morgan fingerprint density at radius 2 is 2.00 bits per heavy atom. The minimum absolute atomic E-state index is 0.195. The van der Waals surface area contributed by atoms with Crippen molar-refractivity contribution >= 4 is 17.5 Å². The van der Waals surface area contributed by atoms with Gasteiger partial charge in [0.25, 0.3) is 5.91 Å². The molecule has 7 heteroatoms. The van der Waals surface area contributed by atoms with Gasteiger partial charge < -0.3 is 10.1 Å². The van der Waals surface area contributed by atoms with Crippen LogP contribution in [0.3, 0.4) is 0 Å². The van der Waals surface area contributed by atoms with Crippen molar-refractivity contribution < 1.29 is 14.3 Å². The summed E-state index contributed by atoms with van der Waals surface area (Å²) in [5, 5.41) is 7.45. The molecule has 0 aliphatic heterocycles. The molecule has 2 aromatic rings.